The third-order valence-corrected chi connectivity index (χ3v) is 7.49. The lowest BCUT2D eigenvalue weighted by Gasteiger charge is -2.29. The molecule has 2 atom stereocenters. The van der Waals surface area contributed by atoms with E-state index in [0.717, 1.165) is 17.5 Å². The van der Waals surface area contributed by atoms with Gasteiger partial charge in [0, 0.05) is 31.8 Å². The summed E-state index contributed by atoms with van der Waals surface area (Å²) in [4.78, 5) is 14.9. The molecule has 2 unspecified atom stereocenters. The van der Waals surface area contributed by atoms with E-state index in [1.54, 1.807) is 36.3 Å². The van der Waals surface area contributed by atoms with Crippen LogP contribution >= 0.6 is 0 Å². The molecule has 8 nitrogen and oxygen atoms in total. The zero-order valence-electron chi connectivity index (χ0n) is 18.6. The van der Waals surface area contributed by atoms with E-state index in [9.17, 15) is 13.2 Å². The quantitative estimate of drug-likeness (QED) is 0.688. The van der Waals surface area contributed by atoms with Gasteiger partial charge in [-0.15, -0.1) is 0 Å². The second kappa shape index (κ2) is 9.09. The first-order chi connectivity index (χ1) is 15.3. The van der Waals surface area contributed by atoms with Crippen molar-refractivity contribution in [3.05, 3.63) is 59.2 Å². The third kappa shape index (κ3) is 4.74. The van der Waals surface area contributed by atoms with Crippen LogP contribution in [-0.4, -0.2) is 69.0 Å². The number of hydrogen-bond donors (Lipinski definition) is 1. The lowest BCUT2D eigenvalue weighted by molar-refractivity contribution is 0.0340. The molecule has 2 aliphatic rings. The van der Waals surface area contributed by atoms with Crippen molar-refractivity contribution in [1.82, 2.24) is 9.21 Å². The third-order valence-electron chi connectivity index (χ3n) is 5.95. The topological polar surface area (TPSA) is 88.2 Å². The van der Waals surface area contributed by atoms with Crippen LogP contribution in [0.4, 0.5) is 5.69 Å². The van der Waals surface area contributed by atoms with Gasteiger partial charge in [0.15, 0.2) is 0 Å². The standard InChI is InChI=1S/C23H29N3O5S/c1-16-8-9-17(2)20(12-16)23(27)25-14-21(30-3)22(15-25)31-19-7-4-6-18(13-19)24-32(28,29)26-10-5-11-26/h4,6-9,12-13,21-22,24H,5,10-11,14-15H2,1-3H3. The molecule has 0 spiro atoms. The number of rotatable bonds is 7. The Bertz CT molecular complexity index is 1100. The van der Waals surface area contributed by atoms with Gasteiger partial charge in [-0.2, -0.15) is 12.7 Å². The number of carbonyl (C=O) groups is 1. The van der Waals surface area contributed by atoms with E-state index in [1.807, 2.05) is 32.0 Å². The number of ether oxygens (including phenoxy) is 2. The number of nitrogens with one attached hydrogen (secondary N) is 1. The summed E-state index contributed by atoms with van der Waals surface area (Å²) in [6, 6.07) is 12.7. The highest BCUT2D eigenvalue weighted by Gasteiger charge is 2.38. The van der Waals surface area contributed by atoms with E-state index in [1.165, 1.54) is 4.31 Å². The molecule has 0 saturated carbocycles. The maximum atomic E-state index is 13.1. The Hall–Kier alpha value is -2.62. The van der Waals surface area contributed by atoms with E-state index >= 15 is 0 Å². The molecule has 0 radical (unpaired) electrons. The monoisotopic (exact) mass is 459 g/mol. The molecule has 4 rings (SSSR count). The number of hydrogen-bond acceptors (Lipinski definition) is 5. The molecular formula is C23H29N3O5S. The predicted molar refractivity (Wildman–Crippen MR) is 122 cm³/mol. The summed E-state index contributed by atoms with van der Waals surface area (Å²) in [5, 5.41) is 0. The van der Waals surface area contributed by atoms with Gasteiger partial charge in [-0.3, -0.25) is 9.52 Å². The molecule has 2 aliphatic heterocycles. The zero-order valence-corrected chi connectivity index (χ0v) is 19.4. The first kappa shape index (κ1) is 22.6. The molecular weight excluding hydrogens is 430 g/mol. The number of aryl methyl sites for hydroxylation is 2. The number of amides is 1. The summed E-state index contributed by atoms with van der Waals surface area (Å²) in [6.45, 7) is 5.77. The van der Waals surface area contributed by atoms with Gasteiger partial charge in [-0.1, -0.05) is 23.8 Å². The smallest absolute Gasteiger partial charge is 0.301 e. The largest absolute Gasteiger partial charge is 0.486 e. The van der Waals surface area contributed by atoms with E-state index in [-0.39, 0.29) is 18.1 Å². The highest BCUT2D eigenvalue weighted by molar-refractivity contribution is 7.90. The molecule has 0 aromatic heterocycles. The summed E-state index contributed by atoms with van der Waals surface area (Å²) < 4.78 is 40.4. The fourth-order valence-corrected chi connectivity index (χ4v) is 5.23. The van der Waals surface area contributed by atoms with Crippen LogP contribution in [0.15, 0.2) is 42.5 Å². The number of benzene rings is 2. The van der Waals surface area contributed by atoms with Crippen LogP contribution in [0.5, 0.6) is 5.75 Å². The number of likely N-dealkylation sites (tertiary alicyclic amines) is 1. The molecule has 1 amide bonds. The highest BCUT2D eigenvalue weighted by Crippen LogP contribution is 2.26. The number of nitrogens with zero attached hydrogens (tertiary/aromatic N) is 2. The normalized spacial score (nSPS) is 21.3. The van der Waals surface area contributed by atoms with Crippen LogP contribution < -0.4 is 9.46 Å². The Morgan fingerprint density at radius 3 is 2.50 bits per heavy atom. The van der Waals surface area contributed by atoms with Gasteiger partial charge in [0.2, 0.25) is 0 Å². The van der Waals surface area contributed by atoms with Crippen LogP contribution in [-0.2, 0) is 14.9 Å². The first-order valence-electron chi connectivity index (χ1n) is 10.7. The lowest BCUT2D eigenvalue weighted by Crippen LogP contribution is -2.45. The summed E-state index contributed by atoms with van der Waals surface area (Å²) >= 11 is 0. The van der Waals surface area contributed by atoms with Crippen molar-refractivity contribution in [3.8, 4) is 5.75 Å². The van der Waals surface area contributed by atoms with Crippen LogP contribution in [0.1, 0.15) is 27.9 Å². The van der Waals surface area contributed by atoms with E-state index < -0.39 is 10.2 Å². The number of anilines is 1. The van der Waals surface area contributed by atoms with Crippen molar-refractivity contribution in [1.29, 1.82) is 0 Å². The Kier molecular flexibility index (Phi) is 6.41. The van der Waals surface area contributed by atoms with Crippen LogP contribution in [0.25, 0.3) is 0 Å². The van der Waals surface area contributed by atoms with Gasteiger partial charge in [-0.25, -0.2) is 0 Å². The molecule has 2 aromatic rings. The molecule has 172 valence electrons. The molecule has 2 aromatic carbocycles. The van der Waals surface area contributed by atoms with Gasteiger partial charge >= 0.3 is 10.2 Å². The molecule has 2 saturated heterocycles. The molecule has 32 heavy (non-hydrogen) atoms. The van der Waals surface area contributed by atoms with Crippen molar-refractivity contribution in [2.24, 2.45) is 0 Å². The van der Waals surface area contributed by atoms with Crippen molar-refractivity contribution >= 4 is 21.8 Å². The Balaban J connectivity index is 1.46. The summed E-state index contributed by atoms with van der Waals surface area (Å²) in [6.07, 6.45) is 0.225. The van der Waals surface area contributed by atoms with E-state index in [4.69, 9.17) is 9.47 Å². The molecule has 2 fully saturated rings. The van der Waals surface area contributed by atoms with Crippen molar-refractivity contribution in [3.63, 3.8) is 0 Å². The first-order valence-corrected chi connectivity index (χ1v) is 12.1. The second-order valence-electron chi connectivity index (χ2n) is 8.35. The van der Waals surface area contributed by atoms with Crippen LogP contribution in [0.3, 0.4) is 0 Å². The van der Waals surface area contributed by atoms with Gasteiger partial charge in [0.05, 0.1) is 18.8 Å². The Morgan fingerprint density at radius 1 is 1.06 bits per heavy atom. The fraction of sp³-hybridized carbons (Fsp3) is 0.435. The molecule has 0 bridgehead atoms. The van der Waals surface area contributed by atoms with Gasteiger partial charge < -0.3 is 14.4 Å². The second-order valence-corrected chi connectivity index (χ2v) is 10.0. The Labute approximate surface area is 189 Å². The van der Waals surface area contributed by atoms with Crippen molar-refractivity contribution in [2.75, 3.05) is 38.0 Å². The Morgan fingerprint density at radius 2 is 1.81 bits per heavy atom. The summed E-state index contributed by atoms with van der Waals surface area (Å²) in [7, 11) is -1.94. The van der Waals surface area contributed by atoms with Crippen molar-refractivity contribution in [2.45, 2.75) is 32.5 Å². The van der Waals surface area contributed by atoms with Gasteiger partial charge in [0.25, 0.3) is 5.91 Å². The maximum absolute atomic E-state index is 13.1. The lowest BCUT2D eigenvalue weighted by atomic mass is 10.0. The van der Waals surface area contributed by atoms with Crippen LogP contribution in [0.2, 0.25) is 0 Å². The van der Waals surface area contributed by atoms with E-state index in [0.29, 0.717) is 43.2 Å². The molecule has 0 aliphatic carbocycles. The van der Waals surface area contributed by atoms with Crippen molar-refractivity contribution < 1.29 is 22.7 Å². The number of methoxy groups -OCH3 is 1. The summed E-state index contributed by atoms with van der Waals surface area (Å²) in [5.41, 5.74) is 3.08. The van der Waals surface area contributed by atoms with Gasteiger partial charge in [0.1, 0.15) is 18.0 Å². The summed E-state index contributed by atoms with van der Waals surface area (Å²) in [5.74, 6) is 0.470. The molecule has 2 heterocycles. The fourth-order valence-electron chi connectivity index (χ4n) is 3.93. The minimum atomic E-state index is -3.54. The van der Waals surface area contributed by atoms with E-state index in [2.05, 4.69) is 4.72 Å². The average molecular weight is 460 g/mol. The minimum Gasteiger partial charge on any atom is -0.486 e. The average Bonchev–Trinajstić information content (AvgIpc) is 3.10. The minimum absolute atomic E-state index is 0.0459. The molecule has 1 N–H and O–H groups in total. The maximum Gasteiger partial charge on any atom is 0.301 e. The molecule has 9 heteroatoms. The SMILES string of the molecule is COC1CN(C(=O)c2cc(C)ccc2C)CC1Oc1cccc(NS(=O)(=O)N2CCC2)c1. The van der Waals surface area contributed by atoms with Crippen LogP contribution in [0, 0.1) is 13.8 Å². The zero-order chi connectivity index (χ0) is 22.9. The predicted octanol–water partition coefficient (Wildman–Crippen LogP) is 2.58. The highest BCUT2D eigenvalue weighted by atomic mass is 32.2. The number of carbonyl (C=O) groups excluding carboxylic acids is 1. The van der Waals surface area contributed by atoms with Gasteiger partial charge in [-0.05, 0) is 44.0 Å².